The van der Waals surface area contributed by atoms with Gasteiger partial charge < -0.3 is 5.73 Å². The fourth-order valence-corrected chi connectivity index (χ4v) is 2.27. The molecule has 0 aliphatic carbocycles. The molecule has 1 heterocycles. The van der Waals surface area contributed by atoms with E-state index in [1.807, 2.05) is 6.07 Å². The fraction of sp³-hybridized carbons (Fsp3) is 0.200. The van der Waals surface area contributed by atoms with E-state index in [4.69, 9.17) is 5.73 Å². The first-order valence-electron chi connectivity index (χ1n) is 4.49. The topological polar surface area (TPSA) is 51.8 Å². The smallest absolute Gasteiger partial charge is 0.147 e. The summed E-state index contributed by atoms with van der Waals surface area (Å²) in [5.74, 6) is 0. The molecule has 0 amide bonds. The summed E-state index contributed by atoms with van der Waals surface area (Å²) in [6.45, 7) is 2.50. The van der Waals surface area contributed by atoms with Crippen LogP contribution < -0.4 is 5.73 Å². The second-order valence-electron chi connectivity index (χ2n) is 3.17. The SMILES string of the molecule is Cc1ccc(-c2nnc(CN)s2)cc1Br. The van der Waals surface area contributed by atoms with Crippen molar-refractivity contribution in [1.29, 1.82) is 0 Å². The molecule has 0 atom stereocenters. The van der Waals surface area contributed by atoms with E-state index in [1.54, 1.807) is 0 Å². The number of hydrogen-bond donors (Lipinski definition) is 1. The summed E-state index contributed by atoms with van der Waals surface area (Å²) in [7, 11) is 0. The Hall–Kier alpha value is -0.780. The number of nitrogens with zero attached hydrogens (tertiary/aromatic N) is 2. The van der Waals surface area contributed by atoms with E-state index >= 15 is 0 Å². The van der Waals surface area contributed by atoms with Crippen LogP contribution in [0.4, 0.5) is 0 Å². The van der Waals surface area contributed by atoms with Crippen molar-refractivity contribution in [3.05, 3.63) is 33.2 Å². The maximum absolute atomic E-state index is 5.49. The van der Waals surface area contributed by atoms with Crippen LogP contribution in [0.1, 0.15) is 10.6 Å². The molecule has 1 aromatic heterocycles. The molecule has 0 saturated heterocycles. The van der Waals surface area contributed by atoms with Crippen molar-refractivity contribution in [2.75, 3.05) is 0 Å². The molecule has 15 heavy (non-hydrogen) atoms. The number of halogens is 1. The normalized spacial score (nSPS) is 10.6. The Morgan fingerprint density at radius 2 is 2.20 bits per heavy atom. The van der Waals surface area contributed by atoms with Crippen molar-refractivity contribution in [3.63, 3.8) is 0 Å². The molecule has 0 bridgehead atoms. The molecule has 2 aromatic rings. The molecule has 0 radical (unpaired) electrons. The van der Waals surface area contributed by atoms with Gasteiger partial charge in [-0.05, 0) is 18.6 Å². The molecule has 5 heteroatoms. The Bertz CT molecular complexity index is 481. The van der Waals surface area contributed by atoms with Crippen LogP contribution in [-0.2, 0) is 6.54 Å². The van der Waals surface area contributed by atoms with Gasteiger partial charge in [0.1, 0.15) is 10.0 Å². The summed E-state index contributed by atoms with van der Waals surface area (Å²) < 4.78 is 1.09. The molecular formula is C10H10BrN3S. The Balaban J connectivity index is 2.40. The lowest BCUT2D eigenvalue weighted by Crippen LogP contribution is -1.94. The molecule has 3 nitrogen and oxygen atoms in total. The van der Waals surface area contributed by atoms with Crippen LogP contribution in [0.15, 0.2) is 22.7 Å². The lowest BCUT2D eigenvalue weighted by Gasteiger charge is -1.99. The van der Waals surface area contributed by atoms with E-state index in [0.717, 1.165) is 20.1 Å². The van der Waals surface area contributed by atoms with Gasteiger partial charge in [-0.3, -0.25) is 0 Å². The second-order valence-corrected chi connectivity index (χ2v) is 5.09. The Kier molecular flexibility index (Phi) is 3.14. The minimum Gasteiger partial charge on any atom is -0.324 e. The number of hydrogen-bond acceptors (Lipinski definition) is 4. The molecule has 0 fully saturated rings. The van der Waals surface area contributed by atoms with Gasteiger partial charge in [0.2, 0.25) is 0 Å². The van der Waals surface area contributed by atoms with E-state index in [2.05, 4.69) is 45.2 Å². The maximum Gasteiger partial charge on any atom is 0.147 e. The molecule has 0 saturated carbocycles. The predicted molar refractivity (Wildman–Crippen MR) is 65.7 cm³/mol. The molecule has 0 spiro atoms. The summed E-state index contributed by atoms with van der Waals surface area (Å²) in [5.41, 5.74) is 7.78. The lowest BCUT2D eigenvalue weighted by atomic mass is 10.2. The van der Waals surface area contributed by atoms with Crippen molar-refractivity contribution in [2.24, 2.45) is 5.73 Å². The molecule has 0 aliphatic rings. The molecular weight excluding hydrogens is 274 g/mol. The monoisotopic (exact) mass is 283 g/mol. The Morgan fingerprint density at radius 1 is 1.40 bits per heavy atom. The van der Waals surface area contributed by atoms with Crippen LogP contribution in [0.5, 0.6) is 0 Å². The fourth-order valence-electron chi connectivity index (χ4n) is 1.18. The summed E-state index contributed by atoms with van der Waals surface area (Å²) >= 11 is 5.03. The van der Waals surface area contributed by atoms with Gasteiger partial charge in [-0.15, -0.1) is 10.2 Å². The minimum atomic E-state index is 0.449. The first-order valence-corrected chi connectivity index (χ1v) is 6.10. The van der Waals surface area contributed by atoms with Gasteiger partial charge in [0.05, 0.1) is 0 Å². The molecule has 78 valence electrons. The van der Waals surface area contributed by atoms with Gasteiger partial charge in [-0.25, -0.2) is 0 Å². The summed E-state index contributed by atoms with van der Waals surface area (Å²) in [6.07, 6.45) is 0. The van der Waals surface area contributed by atoms with E-state index in [1.165, 1.54) is 16.9 Å². The highest BCUT2D eigenvalue weighted by Gasteiger charge is 2.06. The Labute approximate surface area is 100 Å². The highest BCUT2D eigenvalue weighted by atomic mass is 79.9. The van der Waals surface area contributed by atoms with Crippen LogP contribution in [0.3, 0.4) is 0 Å². The number of nitrogens with two attached hydrogens (primary N) is 1. The Morgan fingerprint density at radius 3 is 2.80 bits per heavy atom. The van der Waals surface area contributed by atoms with E-state index in [0.29, 0.717) is 6.54 Å². The molecule has 0 aliphatic heterocycles. The van der Waals surface area contributed by atoms with Crippen LogP contribution in [-0.4, -0.2) is 10.2 Å². The summed E-state index contributed by atoms with van der Waals surface area (Å²) in [6, 6.07) is 6.15. The van der Waals surface area contributed by atoms with Crippen LogP contribution in [0, 0.1) is 6.92 Å². The third kappa shape index (κ3) is 2.25. The standard InChI is InChI=1S/C10H10BrN3S/c1-6-2-3-7(4-8(6)11)10-14-13-9(5-12)15-10/h2-4H,5,12H2,1H3. The van der Waals surface area contributed by atoms with Crippen molar-refractivity contribution < 1.29 is 0 Å². The quantitative estimate of drug-likeness (QED) is 0.922. The molecule has 0 unspecified atom stereocenters. The zero-order valence-electron chi connectivity index (χ0n) is 8.20. The van der Waals surface area contributed by atoms with E-state index < -0.39 is 0 Å². The zero-order chi connectivity index (χ0) is 10.8. The van der Waals surface area contributed by atoms with Crippen molar-refractivity contribution in [3.8, 4) is 10.6 Å². The van der Waals surface area contributed by atoms with Crippen molar-refractivity contribution >= 4 is 27.3 Å². The minimum absolute atomic E-state index is 0.449. The number of aryl methyl sites for hydroxylation is 1. The first kappa shape index (κ1) is 10.7. The zero-order valence-corrected chi connectivity index (χ0v) is 10.6. The lowest BCUT2D eigenvalue weighted by molar-refractivity contribution is 0.960. The highest BCUT2D eigenvalue weighted by Crippen LogP contribution is 2.27. The number of benzene rings is 1. The number of rotatable bonds is 2. The maximum atomic E-state index is 5.49. The highest BCUT2D eigenvalue weighted by molar-refractivity contribution is 9.10. The molecule has 2 rings (SSSR count). The van der Waals surface area contributed by atoms with Gasteiger partial charge in [0.25, 0.3) is 0 Å². The third-order valence-electron chi connectivity index (χ3n) is 2.06. The van der Waals surface area contributed by atoms with Crippen LogP contribution in [0.2, 0.25) is 0 Å². The van der Waals surface area contributed by atoms with Crippen molar-refractivity contribution in [1.82, 2.24) is 10.2 Å². The van der Waals surface area contributed by atoms with Gasteiger partial charge in [-0.1, -0.05) is 39.4 Å². The van der Waals surface area contributed by atoms with Gasteiger partial charge in [0, 0.05) is 16.6 Å². The third-order valence-corrected chi connectivity index (χ3v) is 3.91. The molecule has 1 aromatic carbocycles. The second kappa shape index (κ2) is 4.38. The van der Waals surface area contributed by atoms with Crippen molar-refractivity contribution in [2.45, 2.75) is 13.5 Å². The predicted octanol–water partition coefficient (Wildman–Crippen LogP) is 2.73. The summed E-state index contributed by atoms with van der Waals surface area (Å²) in [4.78, 5) is 0. The number of aromatic nitrogens is 2. The van der Waals surface area contributed by atoms with E-state index in [9.17, 15) is 0 Å². The van der Waals surface area contributed by atoms with Crippen LogP contribution >= 0.6 is 27.3 Å². The largest absolute Gasteiger partial charge is 0.324 e. The first-order chi connectivity index (χ1) is 7.20. The van der Waals surface area contributed by atoms with Gasteiger partial charge >= 0.3 is 0 Å². The van der Waals surface area contributed by atoms with E-state index in [-0.39, 0.29) is 0 Å². The van der Waals surface area contributed by atoms with Gasteiger partial charge in [0.15, 0.2) is 0 Å². The average Bonchev–Trinajstić information content (AvgIpc) is 2.70. The summed E-state index contributed by atoms with van der Waals surface area (Å²) in [5, 5.41) is 9.86. The van der Waals surface area contributed by atoms with Gasteiger partial charge in [-0.2, -0.15) is 0 Å². The molecule has 2 N–H and O–H groups in total. The average molecular weight is 284 g/mol. The van der Waals surface area contributed by atoms with Crippen LogP contribution in [0.25, 0.3) is 10.6 Å².